The number of carboxylic acid groups (broad SMARTS) is 1. The smallest absolute Gasteiger partial charge is 0.311 e. The molecule has 1 saturated heterocycles. The SMILES string of the molecule is CC1CC2(CC(C3(C(=O)O)CC3)N1)OCCc1cc(Cl)sc12. The maximum absolute atomic E-state index is 11.7. The van der Waals surface area contributed by atoms with Crippen molar-refractivity contribution in [2.24, 2.45) is 5.41 Å². The molecule has 0 amide bonds. The van der Waals surface area contributed by atoms with Crippen molar-refractivity contribution in [2.45, 2.75) is 56.7 Å². The Morgan fingerprint density at radius 3 is 2.95 bits per heavy atom. The fourth-order valence-electron chi connectivity index (χ4n) is 4.26. The van der Waals surface area contributed by atoms with Gasteiger partial charge in [-0.05, 0) is 50.7 Å². The lowest BCUT2D eigenvalue weighted by molar-refractivity contribution is -0.148. The predicted molar refractivity (Wildman–Crippen MR) is 85.6 cm³/mol. The van der Waals surface area contributed by atoms with Crippen LogP contribution < -0.4 is 5.32 Å². The normalized spacial score (nSPS) is 36.1. The average molecular weight is 342 g/mol. The number of hydrogen-bond acceptors (Lipinski definition) is 4. The Bertz CT molecular complexity index is 627. The quantitative estimate of drug-likeness (QED) is 0.867. The number of fused-ring (bicyclic) bond motifs is 2. The van der Waals surface area contributed by atoms with E-state index in [9.17, 15) is 9.90 Å². The molecule has 3 atom stereocenters. The Balaban J connectivity index is 1.72. The van der Waals surface area contributed by atoms with Gasteiger partial charge in [0.2, 0.25) is 0 Å². The fraction of sp³-hybridized carbons (Fsp3) is 0.688. The summed E-state index contributed by atoms with van der Waals surface area (Å²) in [4.78, 5) is 12.9. The van der Waals surface area contributed by atoms with Crippen molar-refractivity contribution in [3.63, 3.8) is 0 Å². The van der Waals surface area contributed by atoms with Crippen LogP contribution in [-0.2, 0) is 21.6 Å². The Kier molecular flexibility index (Phi) is 3.35. The largest absolute Gasteiger partial charge is 0.481 e. The molecule has 0 radical (unpaired) electrons. The van der Waals surface area contributed by atoms with Gasteiger partial charge in [-0.25, -0.2) is 0 Å². The van der Waals surface area contributed by atoms with E-state index in [1.165, 1.54) is 10.4 Å². The fourth-order valence-corrected chi connectivity index (χ4v) is 5.72. The number of piperidine rings is 1. The summed E-state index contributed by atoms with van der Waals surface area (Å²) in [7, 11) is 0. The van der Waals surface area contributed by atoms with Crippen molar-refractivity contribution in [2.75, 3.05) is 6.61 Å². The Morgan fingerprint density at radius 1 is 1.50 bits per heavy atom. The number of hydrogen-bond donors (Lipinski definition) is 2. The van der Waals surface area contributed by atoms with Crippen LogP contribution in [0.5, 0.6) is 0 Å². The number of aliphatic carboxylic acids is 1. The molecule has 1 saturated carbocycles. The number of carboxylic acids is 1. The zero-order chi connectivity index (χ0) is 15.5. The average Bonchev–Trinajstić information content (AvgIpc) is 3.16. The standard InChI is InChI=1S/C16H20ClNO3S/c1-9-7-16(8-11(18-9)15(3-4-15)14(19)20)13-10(2-5-21-16)6-12(17)22-13/h6,9,11,18H,2-5,7-8H2,1H3,(H,19,20). The lowest BCUT2D eigenvalue weighted by Crippen LogP contribution is -2.57. The Morgan fingerprint density at radius 2 is 2.27 bits per heavy atom. The van der Waals surface area contributed by atoms with Gasteiger partial charge >= 0.3 is 5.97 Å². The summed E-state index contributed by atoms with van der Waals surface area (Å²) in [5, 5.41) is 13.1. The van der Waals surface area contributed by atoms with Crippen molar-refractivity contribution in [3.05, 3.63) is 20.8 Å². The molecule has 3 unspecified atom stereocenters. The van der Waals surface area contributed by atoms with Crippen LogP contribution in [0.15, 0.2) is 6.07 Å². The van der Waals surface area contributed by atoms with E-state index in [0.29, 0.717) is 6.61 Å². The van der Waals surface area contributed by atoms with E-state index < -0.39 is 11.4 Å². The van der Waals surface area contributed by atoms with E-state index in [0.717, 1.165) is 36.4 Å². The molecule has 3 aliphatic rings. The third-order valence-electron chi connectivity index (χ3n) is 5.48. The summed E-state index contributed by atoms with van der Waals surface area (Å²) < 4.78 is 7.07. The van der Waals surface area contributed by atoms with E-state index in [-0.39, 0.29) is 17.7 Å². The highest BCUT2D eigenvalue weighted by Gasteiger charge is 2.60. The van der Waals surface area contributed by atoms with Gasteiger partial charge in [0.15, 0.2) is 0 Å². The van der Waals surface area contributed by atoms with Gasteiger partial charge < -0.3 is 15.2 Å². The molecule has 6 heteroatoms. The van der Waals surface area contributed by atoms with Crippen LogP contribution in [0.4, 0.5) is 0 Å². The van der Waals surface area contributed by atoms with E-state index in [1.54, 1.807) is 11.3 Å². The Labute approximate surface area is 138 Å². The maximum Gasteiger partial charge on any atom is 0.311 e. The van der Waals surface area contributed by atoms with Crippen molar-refractivity contribution in [3.8, 4) is 0 Å². The molecule has 2 N–H and O–H groups in total. The molecule has 1 aromatic rings. The first-order valence-electron chi connectivity index (χ1n) is 7.87. The monoisotopic (exact) mass is 341 g/mol. The molecule has 4 rings (SSSR count). The van der Waals surface area contributed by atoms with Crippen LogP contribution in [0.25, 0.3) is 0 Å². The van der Waals surface area contributed by atoms with Gasteiger partial charge in [-0.2, -0.15) is 0 Å². The van der Waals surface area contributed by atoms with Gasteiger partial charge in [0.05, 0.1) is 16.4 Å². The minimum atomic E-state index is -0.672. The van der Waals surface area contributed by atoms with Crippen molar-refractivity contribution >= 4 is 28.9 Å². The second kappa shape index (κ2) is 4.94. The molecule has 1 aromatic heterocycles. The van der Waals surface area contributed by atoms with E-state index in [1.807, 2.05) is 0 Å². The van der Waals surface area contributed by atoms with E-state index in [4.69, 9.17) is 16.3 Å². The van der Waals surface area contributed by atoms with Gasteiger partial charge in [0.25, 0.3) is 0 Å². The lowest BCUT2D eigenvalue weighted by atomic mass is 9.75. The highest BCUT2D eigenvalue weighted by atomic mass is 35.5. The minimum absolute atomic E-state index is 0.0272. The topological polar surface area (TPSA) is 58.6 Å². The molecule has 4 nitrogen and oxygen atoms in total. The van der Waals surface area contributed by atoms with Crippen molar-refractivity contribution in [1.29, 1.82) is 0 Å². The highest BCUT2D eigenvalue weighted by molar-refractivity contribution is 7.16. The zero-order valence-electron chi connectivity index (χ0n) is 12.5. The van der Waals surface area contributed by atoms with Crippen LogP contribution in [0.2, 0.25) is 4.34 Å². The molecular formula is C16H20ClNO3S. The van der Waals surface area contributed by atoms with Gasteiger partial charge in [-0.15, -0.1) is 11.3 Å². The number of carbonyl (C=O) groups is 1. The summed E-state index contributed by atoms with van der Waals surface area (Å²) in [6.45, 7) is 2.82. The first-order valence-corrected chi connectivity index (χ1v) is 9.07. The molecule has 0 aromatic carbocycles. The molecular weight excluding hydrogens is 322 g/mol. The van der Waals surface area contributed by atoms with Gasteiger partial charge in [-0.1, -0.05) is 11.6 Å². The third-order valence-corrected chi connectivity index (χ3v) is 6.97. The van der Waals surface area contributed by atoms with Gasteiger partial charge in [0.1, 0.15) is 5.60 Å². The summed E-state index contributed by atoms with van der Waals surface area (Å²) in [6.07, 6.45) is 4.04. The highest BCUT2D eigenvalue weighted by Crippen LogP contribution is 2.56. The molecule has 2 fully saturated rings. The molecule has 1 spiro atoms. The van der Waals surface area contributed by atoms with Crippen LogP contribution >= 0.6 is 22.9 Å². The summed E-state index contributed by atoms with van der Waals surface area (Å²) in [6, 6.07) is 2.26. The van der Waals surface area contributed by atoms with Crippen molar-refractivity contribution < 1.29 is 14.6 Å². The summed E-state index contributed by atoms with van der Waals surface area (Å²) in [5.74, 6) is -0.672. The number of nitrogens with one attached hydrogen (secondary N) is 1. The van der Waals surface area contributed by atoms with Crippen LogP contribution in [0, 0.1) is 5.41 Å². The maximum atomic E-state index is 11.7. The molecule has 120 valence electrons. The molecule has 2 aliphatic heterocycles. The zero-order valence-corrected chi connectivity index (χ0v) is 14.1. The minimum Gasteiger partial charge on any atom is -0.481 e. The molecule has 3 heterocycles. The molecule has 0 bridgehead atoms. The third kappa shape index (κ3) is 2.13. The van der Waals surface area contributed by atoms with E-state index >= 15 is 0 Å². The second-order valence-corrected chi connectivity index (χ2v) is 8.67. The van der Waals surface area contributed by atoms with Crippen LogP contribution in [-0.4, -0.2) is 29.8 Å². The van der Waals surface area contributed by atoms with Crippen LogP contribution in [0.1, 0.15) is 43.0 Å². The second-order valence-electron chi connectivity index (χ2n) is 6.99. The number of thiophene rings is 1. The lowest BCUT2D eigenvalue weighted by Gasteiger charge is -2.47. The number of halogens is 1. The van der Waals surface area contributed by atoms with Crippen LogP contribution in [0.3, 0.4) is 0 Å². The van der Waals surface area contributed by atoms with E-state index in [2.05, 4.69) is 18.3 Å². The van der Waals surface area contributed by atoms with Gasteiger partial charge in [-0.3, -0.25) is 4.79 Å². The molecule has 1 aliphatic carbocycles. The summed E-state index contributed by atoms with van der Waals surface area (Å²) >= 11 is 7.84. The first-order chi connectivity index (χ1) is 10.5. The summed E-state index contributed by atoms with van der Waals surface area (Å²) in [5.41, 5.74) is 0.337. The number of ether oxygens (including phenoxy) is 1. The number of rotatable bonds is 2. The predicted octanol–water partition coefficient (Wildman–Crippen LogP) is 3.17. The first kappa shape index (κ1) is 14.9. The van der Waals surface area contributed by atoms with Crippen molar-refractivity contribution in [1.82, 2.24) is 5.32 Å². The Hall–Kier alpha value is -0.620. The van der Waals surface area contributed by atoms with Gasteiger partial charge in [0, 0.05) is 17.0 Å². The molecule has 22 heavy (non-hydrogen) atoms.